The van der Waals surface area contributed by atoms with E-state index in [0.717, 1.165) is 32.5 Å². The molecule has 19 heavy (non-hydrogen) atoms. The molecule has 0 heterocycles. The van der Waals surface area contributed by atoms with Crippen molar-refractivity contribution in [2.75, 3.05) is 30.9 Å². The Morgan fingerprint density at radius 1 is 0.947 bits per heavy atom. The van der Waals surface area contributed by atoms with Crippen molar-refractivity contribution in [1.82, 2.24) is 0 Å². The quantitative estimate of drug-likeness (QED) is 0.236. The van der Waals surface area contributed by atoms with E-state index >= 15 is 0 Å². The van der Waals surface area contributed by atoms with Crippen molar-refractivity contribution < 1.29 is 19.0 Å². The predicted molar refractivity (Wildman–Crippen MR) is 84.8 cm³/mol. The summed E-state index contributed by atoms with van der Waals surface area (Å²) in [6, 6.07) is 0. The number of esters is 1. The molecule has 0 aliphatic rings. The first-order chi connectivity index (χ1) is 8.95. The maximum absolute atomic E-state index is 11.3. The van der Waals surface area contributed by atoms with Crippen molar-refractivity contribution in [1.29, 1.82) is 0 Å². The molecule has 0 unspecified atom stereocenters. The van der Waals surface area contributed by atoms with Gasteiger partial charge >= 0.3 is 5.97 Å². The van der Waals surface area contributed by atoms with E-state index in [9.17, 15) is 4.79 Å². The Labute approximate surface area is 130 Å². The third-order valence-electron chi connectivity index (χ3n) is 2.14. The van der Waals surface area contributed by atoms with Gasteiger partial charge in [0.05, 0.1) is 0 Å². The lowest BCUT2D eigenvalue weighted by Gasteiger charge is -2.19. The molecule has 0 atom stereocenters. The van der Waals surface area contributed by atoms with Gasteiger partial charge in [-0.05, 0) is 50.9 Å². The van der Waals surface area contributed by atoms with Gasteiger partial charge in [0.2, 0.25) is 0 Å². The van der Waals surface area contributed by atoms with Gasteiger partial charge in [0.1, 0.15) is 12.2 Å². The molecule has 0 aromatic rings. The van der Waals surface area contributed by atoms with Crippen LogP contribution in [0.15, 0.2) is 0 Å². The van der Waals surface area contributed by atoms with Crippen molar-refractivity contribution in [2.45, 2.75) is 52.1 Å². The van der Waals surface area contributed by atoms with E-state index in [-0.39, 0.29) is 12.6 Å². The highest BCUT2D eigenvalue weighted by Gasteiger charge is 2.15. The minimum Gasteiger partial charge on any atom is -0.458 e. The van der Waals surface area contributed by atoms with Gasteiger partial charge in [-0.1, -0.05) is 22.6 Å². The molecule has 0 radical (unpaired) electrons. The minimum absolute atomic E-state index is 0.0355. The highest BCUT2D eigenvalue weighted by atomic mass is 127. The number of unbranched alkanes of at least 4 members (excludes halogenated alkanes) is 2. The lowest BCUT2D eigenvalue weighted by molar-refractivity contribution is -0.160. The summed E-state index contributed by atoms with van der Waals surface area (Å²) in [6.45, 7) is 7.78. The maximum Gasteiger partial charge on any atom is 0.332 e. The molecule has 0 spiro atoms. The number of ether oxygens (including phenoxy) is 3. The molecule has 114 valence electrons. The van der Waals surface area contributed by atoms with E-state index in [1.165, 1.54) is 10.8 Å². The Hall–Kier alpha value is 0.120. The molecule has 0 N–H and O–H groups in total. The van der Waals surface area contributed by atoms with Crippen LogP contribution in [-0.4, -0.2) is 42.4 Å². The molecule has 0 aromatic heterocycles. The molecule has 5 heteroatoms. The Kier molecular flexibility index (Phi) is 12.0. The second-order valence-electron chi connectivity index (χ2n) is 5.35. The van der Waals surface area contributed by atoms with Gasteiger partial charge in [0, 0.05) is 19.8 Å². The Balaban J connectivity index is 3.21. The largest absolute Gasteiger partial charge is 0.458 e. The van der Waals surface area contributed by atoms with Crippen LogP contribution < -0.4 is 0 Å². The Morgan fingerprint density at radius 3 is 2.00 bits per heavy atom. The number of hydrogen-bond acceptors (Lipinski definition) is 4. The number of carbonyl (C=O) groups excluding carboxylic acids is 1. The lowest BCUT2D eigenvalue weighted by atomic mass is 10.2. The molecule has 0 saturated carbocycles. The van der Waals surface area contributed by atoms with E-state index in [1.54, 1.807) is 0 Å². The van der Waals surface area contributed by atoms with Gasteiger partial charge in [0.25, 0.3) is 0 Å². The summed E-state index contributed by atoms with van der Waals surface area (Å²) in [5.74, 6) is -0.303. The SMILES string of the molecule is CC(C)(C)OC(=O)COCCCCOCCCCI. The van der Waals surface area contributed by atoms with Gasteiger partial charge in [-0.3, -0.25) is 0 Å². The van der Waals surface area contributed by atoms with Gasteiger partial charge in [0.15, 0.2) is 0 Å². The second kappa shape index (κ2) is 11.9. The van der Waals surface area contributed by atoms with Crippen LogP contribution in [0, 0.1) is 0 Å². The van der Waals surface area contributed by atoms with Crippen LogP contribution in [0.5, 0.6) is 0 Å². The van der Waals surface area contributed by atoms with Crippen LogP contribution in [0.4, 0.5) is 0 Å². The van der Waals surface area contributed by atoms with Crippen LogP contribution in [0.25, 0.3) is 0 Å². The first kappa shape index (κ1) is 19.1. The lowest BCUT2D eigenvalue weighted by Crippen LogP contribution is -2.26. The summed E-state index contributed by atoms with van der Waals surface area (Å²) in [7, 11) is 0. The highest BCUT2D eigenvalue weighted by molar-refractivity contribution is 14.1. The van der Waals surface area contributed by atoms with E-state index in [4.69, 9.17) is 14.2 Å². The van der Waals surface area contributed by atoms with E-state index in [0.29, 0.717) is 6.61 Å². The van der Waals surface area contributed by atoms with Crippen LogP contribution >= 0.6 is 22.6 Å². The number of hydrogen-bond donors (Lipinski definition) is 0. The smallest absolute Gasteiger partial charge is 0.332 e. The van der Waals surface area contributed by atoms with Gasteiger partial charge in [-0.15, -0.1) is 0 Å². The standard InChI is InChI=1S/C14H27IO4/c1-14(2,3)19-13(16)12-18-11-7-6-10-17-9-5-4-8-15/h4-12H2,1-3H3. The number of alkyl halides is 1. The summed E-state index contributed by atoms with van der Waals surface area (Å²) in [6.07, 6.45) is 4.24. The number of carbonyl (C=O) groups is 1. The predicted octanol–water partition coefficient (Wildman–Crippen LogP) is 3.36. The average molecular weight is 386 g/mol. The fourth-order valence-electron chi connectivity index (χ4n) is 1.34. The molecule has 4 nitrogen and oxygen atoms in total. The van der Waals surface area contributed by atoms with E-state index in [2.05, 4.69) is 22.6 Å². The first-order valence-corrected chi connectivity index (χ1v) is 8.41. The topological polar surface area (TPSA) is 44.8 Å². The first-order valence-electron chi connectivity index (χ1n) is 6.89. The van der Waals surface area contributed by atoms with Crippen molar-refractivity contribution in [3.8, 4) is 0 Å². The zero-order valence-corrected chi connectivity index (χ0v) is 14.5. The highest BCUT2D eigenvalue weighted by Crippen LogP contribution is 2.06. The summed E-state index contributed by atoms with van der Waals surface area (Å²) >= 11 is 2.37. The van der Waals surface area contributed by atoms with E-state index < -0.39 is 5.60 Å². The van der Waals surface area contributed by atoms with Crippen molar-refractivity contribution >= 4 is 28.6 Å². The summed E-state index contributed by atoms with van der Waals surface area (Å²) in [5.41, 5.74) is -0.438. The van der Waals surface area contributed by atoms with Crippen LogP contribution in [0.1, 0.15) is 46.5 Å². The normalized spacial score (nSPS) is 11.6. The molecule has 0 fully saturated rings. The summed E-state index contributed by atoms with van der Waals surface area (Å²) in [4.78, 5) is 11.3. The van der Waals surface area contributed by atoms with Crippen molar-refractivity contribution in [3.05, 3.63) is 0 Å². The molecule has 0 aliphatic carbocycles. The third-order valence-corrected chi connectivity index (χ3v) is 2.90. The van der Waals surface area contributed by atoms with Crippen molar-refractivity contribution in [3.63, 3.8) is 0 Å². The van der Waals surface area contributed by atoms with Crippen LogP contribution in [0.2, 0.25) is 0 Å². The molecule has 0 rings (SSSR count). The van der Waals surface area contributed by atoms with Crippen LogP contribution in [-0.2, 0) is 19.0 Å². The third kappa shape index (κ3) is 16.1. The zero-order chi connectivity index (χ0) is 14.6. The maximum atomic E-state index is 11.3. The fraction of sp³-hybridized carbons (Fsp3) is 0.929. The zero-order valence-electron chi connectivity index (χ0n) is 12.4. The summed E-state index contributed by atoms with van der Waals surface area (Å²) < 4.78 is 17.1. The van der Waals surface area contributed by atoms with Gasteiger partial charge < -0.3 is 14.2 Å². The second-order valence-corrected chi connectivity index (χ2v) is 6.43. The van der Waals surface area contributed by atoms with Gasteiger partial charge in [-0.2, -0.15) is 0 Å². The molecular weight excluding hydrogens is 359 g/mol. The molecule has 0 aliphatic heterocycles. The van der Waals surface area contributed by atoms with Crippen molar-refractivity contribution in [2.24, 2.45) is 0 Å². The Bertz CT molecular complexity index is 226. The molecule has 0 saturated heterocycles. The van der Waals surface area contributed by atoms with Crippen LogP contribution in [0.3, 0.4) is 0 Å². The monoisotopic (exact) mass is 386 g/mol. The number of halogens is 1. The minimum atomic E-state index is -0.438. The molecular formula is C14H27IO4. The average Bonchev–Trinajstić information content (AvgIpc) is 2.29. The molecule has 0 bridgehead atoms. The Morgan fingerprint density at radius 2 is 1.47 bits per heavy atom. The molecule has 0 amide bonds. The van der Waals surface area contributed by atoms with E-state index in [1.807, 2.05) is 20.8 Å². The fourth-order valence-corrected chi connectivity index (χ4v) is 1.87. The number of rotatable bonds is 11. The molecule has 0 aromatic carbocycles. The summed E-state index contributed by atoms with van der Waals surface area (Å²) in [5, 5.41) is 0. The van der Waals surface area contributed by atoms with Gasteiger partial charge in [-0.25, -0.2) is 4.79 Å².